The third kappa shape index (κ3) is 0.601. The van der Waals surface area contributed by atoms with Gasteiger partial charge < -0.3 is 4.74 Å². The Labute approximate surface area is 37.6 Å². The molecule has 1 aliphatic heterocycles. The van der Waals surface area contributed by atoms with E-state index in [1.165, 1.54) is 5.57 Å². The molecule has 0 N–H and O–H groups in total. The van der Waals surface area contributed by atoms with E-state index in [2.05, 4.69) is 6.58 Å². The van der Waals surface area contributed by atoms with Crippen LogP contribution in [-0.2, 0) is 4.74 Å². The molecule has 1 fully saturated rings. The monoisotopic (exact) mass is 83.0 g/mol. The van der Waals surface area contributed by atoms with Crippen molar-refractivity contribution in [3.63, 3.8) is 0 Å². The van der Waals surface area contributed by atoms with Crippen molar-refractivity contribution in [2.45, 2.75) is 6.42 Å². The Morgan fingerprint density at radius 1 is 1.83 bits per heavy atom. The first kappa shape index (κ1) is 3.88. The summed E-state index contributed by atoms with van der Waals surface area (Å²) in [5.41, 5.74) is 1.18. The Morgan fingerprint density at radius 3 is 2.83 bits per heavy atom. The van der Waals surface area contributed by atoms with Crippen LogP contribution < -0.4 is 0 Å². The minimum atomic E-state index is 0.736. The molecule has 0 aliphatic carbocycles. The molecule has 0 aromatic heterocycles. The summed E-state index contributed by atoms with van der Waals surface area (Å²) in [5.74, 6) is 0. The lowest BCUT2D eigenvalue weighted by molar-refractivity contribution is 0.265. The van der Waals surface area contributed by atoms with Crippen molar-refractivity contribution >= 4 is 0 Å². The van der Waals surface area contributed by atoms with Gasteiger partial charge in [0.25, 0.3) is 0 Å². The van der Waals surface area contributed by atoms with Gasteiger partial charge in [-0.3, -0.25) is 0 Å². The Kier molecular flexibility index (Phi) is 0.926. The second kappa shape index (κ2) is 1.43. The molecular formula is C5H7O. The summed E-state index contributed by atoms with van der Waals surface area (Å²) in [4.78, 5) is 0. The molecule has 6 heavy (non-hydrogen) atoms. The zero-order valence-corrected chi connectivity index (χ0v) is 3.61. The Morgan fingerprint density at radius 2 is 2.67 bits per heavy atom. The van der Waals surface area contributed by atoms with E-state index in [0.717, 1.165) is 13.0 Å². The third-order valence-corrected chi connectivity index (χ3v) is 0.777. The zero-order valence-electron chi connectivity index (χ0n) is 3.61. The van der Waals surface area contributed by atoms with Crippen LogP contribution in [0.4, 0.5) is 0 Å². The standard InChI is InChI=1S/C5H7O/c1-5-2-3-6-4-5/h3H,1-2,4H2. The van der Waals surface area contributed by atoms with E-state index in [1.807, 2.05) is 0 Å². The third-order valence-electron chi connectivity index (χ3n) is 0.777. The van der Waals surface area contributed by atoms with E-state index in [0.29, 0.717) is 0 Å². The molecular weight excluding hydrogens is 76.1 g/mol. The van der Waals surface area contributed by atoms with Crippen LogP contribution in [0.1, 0.15) is 6.42 Å². The lowest BCUT2D eigenvalue weighted by atomic mass is 10.3. The maximum absolute atomic E-state index is 4.83. The SMILES string of the molecule is C=C1C[CH]OC1. The average Bonchev–Trinajstić information content (AvgIpc) is 1.86. The molecule has 1 rings (SSSR count). The predicted octanol–water partition coefficient (Wildman–Crippen LogP) is 1.12. The molecule has 0 spiro atoms. The molecule has 0 aromatic carbocycles. The number of hydrogen-bond donors (Lipinski definition) is 0. The van der Waals surface area contributed by atoms with Gasteiger partial charge in [0.05, 0.1) is 13.2 Å². The van der Waals surface area contributed by atoms with Crippen LogP contribution in [0.15, 0.2) is 12.2 Å². The van der Waals surface area contributed by atoms with E-state index < -0.39 is 0 Å². The fraction of sp³-hybridized carbons (Fsp3) is 0.400. The van der Waals surface area contributed by atoms with Crippen LogP contribution in [0.2, 0.25) is 0 Å². The number of rotatable bonds is 0. The Bertz CT molecular complexity index is 58.3. The van der Waals surface area contributed by atoms with Gasteiger partial charge in [0.15, 0.2) is 0 Å². The molecule has 0 unspecified atom stereocenters. The van der Waals surface area contributed by atoms with Gasteiger partial charge in [0, 0.05) is 0 Å². The molecule has 0 atom stereocenters. The van der Waals surface area contributed by atoms with Crippen LogP contribution in [0.3, 0.4) is 0 Å². The van der Waals surface area contributed by atoms with Crippen molar-refractivity contribution in [3.05, 3.63) is 18.8 Å². The fourth-order valence-corrected chi connectivity index (χ4v) is 0.412. The van der Waals surface area contributed by atoms with Crippen molar-refractivity contribution in [3.8, 4) is 0 Å². The van der Waals surface area contributed by atoms with E-state index in [4.69, 9.17) is 4.74 Å². The molecule has 1 radical (unpaired) electrons. The minimum absolute atomic E-state index is 0.736. The van der Waals surface area contributed by atoms with Crippen molar-refractivity contribution < 1.29 is 4.74 Å². The van der Waals surface area contributed by atoms with E-state index in [9.17, 15) is 0 Å². The summed E-state index contributed by atoms with van der Waals surface area (Å²) in [6.07, 6.45) is 0.944. The lowest BCUT2D eigenvalue weighted by Gasteiger charge is -1.79. The molecule has 33 valence electrons. The quantitative estimate of drug-likeness (QED) is 0.399. The lowest BCUT2D eigenvalue weighted by Crippen LogP contribution is -1.74. The van der Waals surface area contributed by atoms with Gasteiger partial charge in [0.1, 0.15) is 0 Å². The smallest absolute Gasteiger partial charge is 0.0882 e. The molecule has 1 heteroatoms. The number of hydrogen-bond acceptors (Lipinski definition) is 1. The second-order valence-corrected chi connectivity index (χ2v) is 1.43. The van der Waals surface area contributed by atoms with Crippen molar-refractivity contribution in [1.82, 2.24) is 0 Å². The highest BCUT2D eigenvalue weighted by Crippen LogP contribution is 2.10. The summed E-state index contributed by atoms with van der Waals surface area (Å²) >= 11 is 0. The highest BCUT2D eigenvalue weighted by Gasteiger charge is 2.01. The fourth-order valence-electron chi connectivity index (χ4n) is 0.412. The molecule has 0 aromatic rings. The first-order valence-electron chi connectivity index (χ1n) is 1.99. The zero-order chi connectivity index (χ0) is 4.41. The molecule has 1 heterocycles. The van der Waals surface area contributed by atoms with E-state index in [-0.39, 0.29) is 0 Å². The second-order valence-electron chi connectivity index (χ2n) is 1.43. The van der Waals surface area contributed by atoms with Crippen LogP contribution in [0, 0.1) is 6.61 Å². The van der Waals surface area contributed by atoms with Crippen molar-refractivity contribution in [1.29, 1.82) is 0 Å². The van der Waals surface area contributed by atoms with E-state index in [1.54, 1.807) is 6.61 Å². The maximum Gasteiger partial charge on any atom is 0.0882 e. The Balaban J connectivity index is 2.37. The van der Waals surface area contributed by atoms with Gasteiger partial charge >= 0.3 is 0 Å². The number of ether oxygens (including phenoxy) is 1. The molecule has 0 saturated carbocycles. The van der Waals surface area contributed by atoms with Crippen molar-refractivity contribution in [2.24, 2.45) is 0 Å². The largest absolute Gasteiger partial charge is 0.371 e. The van der Waals surface area contributed by atoms with Gasteiger partial charge in [-0.25, -0.2) is 0 Å². The van der Waals surface area contributed by atoms with E-state index >= 15 is 0 Å². The minimum Gasteiger partial charge on any atom is -0.371 e. The Hall–Kier alpha value is -0.300. The highest BCUT2D eigenvalue weighted by molar-refractivity contribution is 5.01. The summed E-state index contributed by atoms with van der Waals surface area (Å²) < 4.78 is 4.83. The maximum atomic E-state index is 4.83. The summed E-state index contributed by atoms with van der Waals surface area (Å²) in [6.45, 7) is 6.21. The molecule has 0 bridgehead atoms. The van der Waals surface area contributed by atoms with Gasteiger partial charge in [-0.2, -0.15) is 0 Å². The average molecular weight is 83.1 g/mol. The normalized spacial score (nSPS) is 22.3. The summed E-state index contributed by atoms with van der Waals surface area (Å²) in [6, 6.07) is 0. The topological polar surface area (TPSA) is 9.23 Å². The van der Waals surface area contributed by atoms with Gasteiger partial charge in [-0.05, 0) is 12.0 Å². The van der Waals surface area contributed by atoms with Gasteiger partial charge in [-0.1, -0.05) is 6.58 Å². The first-order chi connectivity index (χ1) is 2.89. The van der Waals surface area contributed by atoms with Crippen LogP contribution >= 0.6 is 0 Å². The predicted molar refractivity (Wildman–Crippen MR) is 24.0 cm³/mol. The van der Waals surface area contributed by atoms with Crippen LogP contribution in [-0.4, -0.2) is 6.61 Å². The summed E-state index contributed by atoms with van der Waals surface area (Å²) in [5, 5.41) is 0. The molecule has 1 saturated heterocycles. The molecule has 1 aliphatic rings. The van der Waals surface area contributed by atoms with Crippen LogP contribution in [0.5, 0.6) is 0 Å². The highest BCUT2D eigenvalue weighted by atomic mass is 16.5. The van der Waals surface area contributed by atoms with Crippen molar-refractivity contribution in [2.75, 3.05) is 6.61 Å². The molecule has 0 amide bonds. The van der Waals surface area contributed by atoms with Gasteiger partial charge in [-0.15, -0.1) is 0 Å². The molecule has 1 nitrogen and oxygen atoms in total. The summed E-state index contributed by atoms with van der Waals surface area (Å²) in [7, 11) is 0. The first-order valence-corrected chi connectivity index (χ1v) is 1.99. The van der Waals surface area contributed by atoms with Gasteiger partial charge in [0.2, 0.25) is 0 Å². The van der Waals surface area contributed by atoms with Crippen LogP contribution in [0.25, 0.3) is 0 Å².